The van der Waals surface area contributed by atoms with E-state index in [1.165, 1.54) is 0 Å². The molecule has 0 saturated heterocycles. The Morgan fingerprint density at radius 2 is 1.38 bits per heavy atom. The van der Waals surface area contributed by atoms with E-state index in [1.807, 2.05) is 0 Å². The summed E-state index contributed by atoms with van der Waals surface area (Å²) >= 11 is 0. The van der Waals surface area contributed by atoms with Crippen molar-refractivity contribution in [2.24, 2.45) is 0 Å². The second-order valence-corrected chi connectivity index (χ2v) is 2.18. The van der Waals surface area contributed by atoms with Crippen molar-refractivity contribution in [3.05, 3.63) is 0 Å². The van der Waals surface area contributed by atoms with Crippen molar-refractivity contribution in [3.63, 3.8) is 0 Å². The van der Waals surface area contributed by atoms with Crippen LogP contribution in [0.15, 0.2) is 0 Å². The molecule has 0 aromatic heterocycles. The number of carbonyl (C=O) groups is 1. The molecular weight excluding hydrogens is 174 g/mol. The van der Waals surface area contributed by atoms with Crippen molar-refractivity contribution in [1.29, 1.82) is 0 Å². The molecular formula is C8H16NO4. The molecule has 0 rings (SSSR count). The third kappa shape index (κ3) is 3.30. The fourth-order valence-corrected chi connectivity index (χ4v) is 0.892. The Bertz CT molecular complexity index is 143. The molecule has 1 radical (unpaired) electrons. The van der Waals surface area contributed by atoms with Gasteiger partial charge in [-0.1, -0.05) is 0 Å². The van der Waals surface area contributed by atoms with Crippen LogP contribution in [0.2, 0.25) is 0 Å². The summed E-state index contributed by atoms with van der Waals surface area (Å²) in [5.74, 6) is -2.84. The van der Waals surface area contributed by atoms with E-state index in [0.717, 1.165) is 0 Å². The SMILES string of the molecule is CCOC(OCC)(OCC)C([NH])=O. The molecule has 0 aromatic carbocycles. The van der Waals surface area contributed by atoms with Crippen LogP contribution in [0.5, 0.6) is 0 Å². The summed E-state index contributed by atoms with van der Waals surface area (Å²) in [6.45, 7) is 5.88. The second-order valence-electron chi connectivity index (χ2n) is 2.18. The fourth-order valence-electron chi connectivity index (χ4n) is 0.892. The van der Waals surface area contributed by atoms with Crippen molar-refractivity contribution < 1.29 is 19.0 Å². The number of nitrogens with one attached hydrogen (secondary N) is 1. The highest BCUT2D eigenvalue weighted by molar-refractivity contribution is 5.79. The number of amides is 1. The summed E-state index contributed by atoms with van der Waals surface area (Å²) in [5, 5.41) is 0. The lowest BCUT2D eigenvalue weighted by atomic mass is 10.5. The molecule has 1 N–H and O–H groups in total. The van der Waals surface area contributed by atoms with Crippen LogP contribution in [0.1, 0.15) is 20.8 Å². The largest absolute Gasteiger partial charge is 0.369 e. The van der Waals surface area contributed by atoms with Crippen LogP contribution in [0.3, 0.4) is 0 Å². The van der Waals surface area contributed by atoms with Gasteiger partial charge in [-0.3, -0.25) is 10.5 Å². The molecule has 0 atom stereocenters. The average Bonchev–Trinajstić information content (AvgIpc) is 2.05. The Hall–Kier alpha value is -0.650. The highest BCUT2D eigenvalue weighted by atomic mass is 16.9. The van der Waals surface area contributed by atoms with Gasteiger partial charge in [-0.25, -0.2) is 0 Å². The Morgan fingerprint density at radius 1 is 1.08 bits per heavy atom. The normalized spacial score (nSPS) is 11.6. The Morgan fingerprint density at radius 3 is 1.54 bits per heavy atom. The smallest absolute Gasteiger partial charge is 0.320 e. The maximum Gasteiger partial charge on any atom is 0.369 e. The topological polar surface area (TPSA) is 68.6 Å². The lowest BCUT2D eigenvalue weighted by Gasteiger charge is -2.27. The van der Waals surface area contributed by atoms with Gasteiger partial charge in [0.25, 0.3) is 0 Å². The molecule has 0 fully saturated rings. The highest BCUT2D eigenvalue weighted by Crippen LogP contribution is 2.15. The van der Waals surface area contributed by atoms with Crippen molar-refractivity contribution in [2.45, 2.75) is 26.7 Å². The van der Waals surface area contributed by atoms with Gasteiger partial charge in [0.05, 0.1) is 19.8 Å². The lowest BCUT2D eigenvalue weighted by Crippen LogP contribution is -2.48. The minimum atomic E-state index is -1.82. The summed E-state index contributed by atoms with van der Waals surface area (Å²) in [6, 6.07) is 0. The van der Waals surface area contributed by atoms with Crippen LogP contribution in [-0.2, 0) is 19.0 Å². The van der Waals surface area contributed by atoms with Gasteiger partial charge < -0.3 is 14.2 Å². The predicted octanol–water partition coefficient (Wildman–Crippen LogP) is 0.559. The maximum atomic E-state index is 10.9. The molecule has 0 heterocycles. The molecule has 0 bridgehead atoms. The monoisotopic (exact) mass is 190 g/mol. The zero-order valence-electron chi connectivity index (χ0n) is 8.25. The lowest BCUT2D eigenvalue weighted by molar-refractivity contribution is -0.349. The minimum Gasteiger partial charge on any atom is -0.320 e. The zero-order chi connectivity index (χ0) is 10.3. The van der Waals surface area contributed by atoms with Gasteiger partial charge in [0.1, 0.15) is 0 Å². The van der Waals surface area contributed by atoms with Crippen molar-refractivity contribution in [3.8, 4) is 0 Å². The summed E-state index contributed by atoms with van der Waals surface area (Å²) in [6.07, 6.45) is 0. The van der Waals surface area contributed by atoms with Gasteiger partial charge in [0, 0.05) is 0 Å². The summed E-state index contributed by atoms with van der Waals surface area (Å²) < 4.78 is 15.0. The summed E-state index contributed by atoms with van der Waals surface area (Å²) in [5.41, 5.74) is 6.98. The molecule has 0 aliphatic carbocycles. The van der Waals surface area contributed by atoms with Gasteiger partial charge >= 0.3 is 11.9 Å². The molecule has 77 valence electrons. The van der Waals surface area contributed by atoms with Crippen LogP contribution in [0.4, 0.5) is 0 Å². The van der Waals surface area contributed by atoms with Gasteiger partial charge in [-0.05, 0) is 20.8 Å². The zero-order valence-corrected chi connectivity index (χ0v) is 8.25. The van der Waals surface area contributed by atoms with E-state index < -0.39 is 11.9 Å². The molecule has 13 heavy (non-hydrogen) atoms. The molecule has 5 heteroatoms. The van der Waals surface area contributed by atoms with Crippen LogP contribution in [0, 0.1) is 0 Å². The van der Waals surface area contributed by atoms with E-state index in [-0.39, 0.29) is 19.8 Å². The first-order valence-electron chi connectivity index (χ1n) is 4.30. The molecule has 0 spiro atoms. The van der Waals surface area contributed by atoms with E-state index in [1.54, 1.807) is 20.8 Å². The standard InChI is InChI=1S/C8H16NO4/c1-4-11-8(7(9)10,12-5-2)13-6-3/h9H,4-6H2,1-3H3. The quantitative estimate of drug-likeness (QED) is 0.550. The number of hydrogen-bond acceptors (Lipinski definition) is 4. The highest BCUT2D eigenvalue weighted by Gasteiger charge is 2.40. The summed E-state index contributed by atoms with van der Waals surface area (Å²) in [4.78, 5) is 10.9. The third-order valence-electron chi connectivity index (χ3n) is 1.28. The van der Waals surface area contributed by atoms with E-state index >= 15 is 0 Å². The predicted molar refractivity (Wildman–Crippen MR) is 45.7 cm³/mol. The number of hydrogen-bond donors (Lipinski definition) is 0. The molecule has 0 aliphatic rings. The van der Waals surface area contributed by atoms with Gasteiger partial charge in [0.15, 0.2) is 0 Å². The van der Waals surface area contributed by atoms with Gasteiger partial charge in [-0.2, -0.15) is 0 Å². The van der Waals surface area contributed by atoms with E-state index in [2.05, 4.69) is 0 Å². The first-order valence-corrected chi connectivity index (χ1v) is 4.30. The van der Waals surface area contributed by atoms with Crippen LogP contribution in [-0.4, -0.2) is 31.7 Å². The molecule has 0 unspecified atom stereocenters. The van der Waals surface area contributed by atoms with Crippen molar-refractivity contribution in [1.82, 2.24) is 5.73 Å². The second kappa shape index (κ2) is 5.90. The average molecular weight is 190 g/mol. The van der Waals surface area contributed by atoms with E-state index in [9.17, 15) is 4.79 Å². The van der Waals surface area contributed by atoms with Crippen LogP contribution >= 0.6 is 0 Å². The molecule has 0 saturated carbocycles. The fraction of sp³-hybridized carbons (Fsp3) is 0.875. The molecule has 1 amide bonds. The number of rotatable bonds is 7. The number of carbonyl (C=O) groups excluding carboxylic acids is 1. The van der Waals surface area contributed by atoms with Crippen LogP contribution < -0.4 is 5.73 Å². The first kappa shape index (κ1) is 12.3. The maximum absolute atomic E-state index is 10.9. The Balaban J connectivity index is 4.48. The van der Waals surface area contributed by atoms with Gasteiger partial charge in [-0.15, -0.1) is 0 Å². The van der Waals surface area contributed by atoms with Crippen LogP contribution in [0.25, 0.3) is 0 Å². The third-order valence-corrected chi connectivity index (χ3v) is 1.28. The van der Waals surface area contributed by atoms with Crippen molar-refractivity contribution >= 4 is 5.91 Å². The summed E-state index contributed by atoms with van der Waals surface area (Å²) in [7, 11) is 0. The molecule has 0 aliphatic heterocycles. The van der Waals surface area contributed by atoms with E-state index in [4.69, 9.17) is 19.9 Å². The van der Waals surface area contributed by atoms with E-state index in [0.29, 0.717) is 0 Å². The Labute approximate surface area is 78.1 Å². The van der Waals surface area contributed by atoms with Crippen molar-refractivity contribution in [2.75, 3.05) is 19.8 Å². The first-order chi connectivity index (χ1) is 6.13. The Kier molecular flexibility index (Phi) is 5.61. The van der Waals surface area contributed by atoms with Gasteiger partial charge in [0.2, 0.25) is 0 Å². The molecule has 0 aromatic rings. The minimum absolute atomic E-state index is 0.255. The molecule has 5 nitrogen and oxygen atoms in total. The number of ether oxygens (including phenoxy) is 3.